The first-order valence-corrected chi connectivity index (χ1v) is 12.2. The third-order valence-electron chi connectivity index (χ3n) is 5.06. The Morgan fingerprint density at radius 1 is 0.914 bits per heavy atom. The first-order chi connectivity index (χ1) is 16.8. The molecule has 4 rings (SSSR count). The smallest absolute Gasteiger partial charge is 0.261 e. The summed E-state index contributed by atoms with van der Waals surface area (Å²) in [5.41, 5.74) is 2.59. The lowest BCUT2D eigenvalue weighted by molar-refractivity contribution is -0.116. The van der Waals surface area contributed by atoms with Gasteiger partial charge in [-0.25, -0.2) is 4.39 Å². The molecular formula is C28H29Cl2FN2O2. The van der Waals surface area contributed by atoms with Crippen molar-refractivity contribution in [1.82, 2.24) is 0 Å². The number of hydrogen-bond acceptors (Lipinski definition) is 2. The molecule has 0 saturated heterocycles. The number of nitrogens with zero attached hydrogens (tertiary/aromatic N) is 2. The van der Waals surface area contributed by atoms with Crippen molar-refractivity contribution in [2.45, 2.75) is 34.6 Å². The Balaban J connectivity index is 0.00000103. The van der Waals surface area contributed by atoms with Gasteiger partial charge in [-0.05, 0) is 48.9 Å². The normalized spacial score (nSPS) is 12.1. The van der Waals surface area contributed by atoms with E-state index in [2.05, 4.69) is 6.58 Å². The fraction of sp³-hybridized carbons (Fsp3) is 0.214. The quantitative estimate of drug-likeness (QED) is 0.351. The summed E-state index contributed by atoms with van der Waals surface area (Å²) in [6, 6.07) is 16.1. The highest BCUT2D eigenvalue weighted by molar-refractivity contribution is 6.41. The van der Waals surface area contributed by atoms with Crippen molar-refractivity contribution in [2.24, 2.45) is 0 Å². The van der Waals surface area contributed by atoms with Crippen LogP contribution in [0.1, 0.15) is 50.5 Å². The van der Waals surface area contributed by atoms with Crippen molar-refractivity contribution in [3.05, 3.63) is 94.2 Å². The summed E-state index contributed by atoms with van der Waals surface area (Å²) in [5, 5.41) is 0.307. The summed E-state index contributed by atoms with van der Waals surface area (Å²) < 4.78 is 15.0. The van der Waals surface area contributed by atoms with E-state index in [-0.39, 0.29) is 33.5 Å². The molecule has 0 aliphatic carbocycles. The fourth-order valence-electron chi connectivity index (χ4n) is 3.55. The molecular weight excluding hydrogens is 486 g/mol. The molecule has 3 aromatic carbocycles. The van der Waals surface area contributed by atoms with Crippen LogP contribution in [0, 0.1) is 5.82 Å². The van der Waals surface area contributed by atoms with Gasteiger partial charge in [0.2, 0.25) is 0 Å². The number of para-hydroxylation sites is 1. The first-order valence-electron chi connectivity index (χ1n) is 11.4. The summed E-state index contributed by atoms with van der Waals surface area (Å²) in [6.07, 6.45) is 0. The standard InChI is InChI=1S/C24H17Cl2FN2O2.2C2H6/c1-14(2)15-9-11-16(12-10-15)29-21(30)13-28(20-8-4-7-19(27)23(20)29)24(31)22-17(25)5-3-6-18(22)26;2*1-2/h3-12H,1,13H2,2H3;2*1-2H3. The van der Waals surface area contributed by atoms with Crippen molar-refractivity contribution < 1.29 is 14.0 Å². The van der Waals surface area contributed by atoms with Gasteiger partial charge in [-0.1, -0.05) is 87.3 Å². The second-order valence-corrected chi connectivity index (χ2v) is 7.97. The van der Waals surface area contributed by atoms with Crippen molar-refractivity contribution in [1.29, 1.82) is 0 Å². The molecule has 4 nitrogen and oxygen atoms in total. The summed E-state index contributed by atoms with van der Waals surface area (Å²) >= 11 is 12.4. The molecule has 0 fully saturated rings. The number of fused-ring (bicyclic) bond motifs is 1. The number of carbonyl (C=O) groups excluding carboxylic acids is 2. The minimum Gasteiger partial charge on any atom is -0.297 e. The molecule has 0 bridgehead atoms. The zero-order valence-electron chi connectivity index (χ0n) is 20.5. The highest BCUT2D eigenvalue weighted by Crippen LogP contribution is 2.41. The van der Waals surface area contributed by atoms with Crippen LogP contribution < -0.4 is 9.80 Å². The van der Waals surface area contributed by atoms with Crippen LogP contribution in [-0.2, 0) is 4.79 Å². The number of halogens is 3. The zero-order chi connectivity index (χ0) is 26.3. The molecule has 184 valence electrons. The molecule has 1 heterocycles. The summed E-state index contributed by atoms with van der Waals surface area (Å²) in [6.45, 7) is 13.5. The molecule has 1 aliphatic heterocycles. The fourth-order valence-corrected chi connectivity index (χ4v) is 4.10. The second-order valence-electron chi connectivity index (χ2n) is 7.15. The molecule has 0 spiro atoms. The van der Waals surface area contributed by atoms with E-state index in [4.69, 9.17) is 23.2 Å². The van der Waals surface area contributed by atoms with Gasteiger partial charge in [-0.2, -0.15) is 0 Å². The third kappa shape index (κ3) is 5.75. The van der Waals surface area contributed by atoms with E-state index in [0.29, 0.717) is 5.69 Å². The van der Waals surface area contributed by atoms with E-state index >= 15 is 0 Å². The van der Waals surface area contributed by atoms with Crippen molar-refractivity contribution in [2.75, 3.05) is 16.3 Å². The highest BCUT2D eigenvalue weighted by atomic mass is 35.5. The van der Waals surface area contributed by atoms with E-state index < -0.39 is 17.6 Å². The van der Waals surface area contributed by atoms with E-state index in [1.54, 1.807) is 24.3 Å². The van der Waals surface area contributed by atoms with Crippen molar-refractivity contribution >= 4 is 57.7 Å². The largest absolute Gasteiger partial charge is 0.297 e. The average molecular weight is 515 g/mol. The lowest BCUT2D eigenvalue weighted by atomic mass is 10.1. The Morgan fingerprint density at radius 2 is 1.46 bits per heavy atom. The number of rotatable bonds is 3. The van der Waals surface area contributed by atoms with Gasteiger partial charge in [0.25, 0.3) is 11.8 Å². The van der Waals surface area contributed by atoms with Crippen LogP contribution in [0.4, 0.5) is 21.5 Å². The third-order valence-corrected chi connectivity index (χ3v) is 5.69. The lowest BCUT2D eigenvalue weighted by Gasteiger charge is -2.36. The van der Waals surface area contributed by atoms with Crippen LogP contribution in [0.5, 0.6) is 0 Å². The van der Waals surface area contributed by atoms with Gasteiger partial charge < -0.3 is 0 Å². The number of benzene rings is 3. The predicted molar refractivity (Wildman–Crippen MR) is 146 cm³/mol. The van der Waals surface area contributed by atoms with Gasteiger partial charge in [0.05, 0.1) is 21.3 Å². The van der Waals surface area contributed by atoms with E-state index in [1.807, 2.05) is 46.8 Å². The Labute approximate surface area is 216 Å². The van der Waals surface area contributed by atoms with Crippen molar-refractivity contribution in [3.63, 3.8) is 0 Å². The molecule has 35 heavy (non-hydrogen) atoms. The predicted octanol–water partition coefficient (Wildman–Crippen LogP) is 8.54. The van der Waals surface area contributed by atoms with Crippen LogP contribution in [0.2, 0.25) is 10.0 Å². The SMILES string of the molecule is C=C(C)c1ccc(N2C(=O)CN(C(=O)c3c(Cl)cccc3Cl)c3cccc(F)c32)cc1.CC.CC. The van der Waals surface area contributed by atoms with Crippen LogP contribution >= 0.6 is 23.2 Å². The maximum atomic E-state index is 15.0. The summed E-state index contributed by atoms with van der Waals surface area (Å²) in [7, 11) is 0. The Morgan fingerprint density at radius 3 is 2.00 bits per heavy atom. The molecule has 2 amide bonds. The molecule has 0 N–H and O–H groups in total. The molecule has 0 aromatic heterocycles. The summed E-state index contributed by atoms with van der Waals surface area (Å²) in [5.74, 6) is -1.66. The minimum atomic E-state index is -0.627. The monoisotopic (exact) mass is 514 g/mol. The van der Waals surface area contributed by atoms with Gasteiger partial charge in [0, 0.05) is 5.69 Å². The van der Waals surface area contributed by atoms with Crippen molar-refractivity contribution in [3.8, 4) is 0 Å². The molecule has 3 aromatic rings. The zero-order valence-corrected chi connectivity index (χ0v) is 22.0. The second kappa shape index (κ2) is 12.5. The molecule has 0 saturated carbocycles. The number of hydrogen-bond donors (Lipinski definition) is 0. The maximum absolute atomic E-state index is 15.0. The van der Waals surface area contributed by atoms with Crippen LogP contribution in [0.3, 0.4) is 0 Å². The first kappa shape index (κ1) is 28.1. The van der Waals surface area contributed by atoms with Crippen LogP contribution in [0.25, 0.3) is 5.57 Å². The Bertz CT molecular complexity index is 1210. The van der Waals surface area contributed by atoms with Crippen LogP contribution in [-0.4, -0.2) is 18.4 Å². The highest BCUT2D eigenvalue weighted by Gasteiger charge is 2.37. The van der Waals surface area contributed by atoms with Gasteiger partial charge >= 0.3 is 0 Å². The van der Waals surface area contributed by atoms with Gasteiger partial charge in [-0.3, -0.25) is 19.4 Å². The maximum Gasteiger partial charge on any atom is 0.261 e. The number of amides is 2. The number of carbonyl (C=O) groups is 2. The van der Waals surface area contributed by atoms with Crippen LogP contribution in [0.15, 0.2) is 67.2 Å². The van der Waals surface area contributed by atoms with E-state index in [0.717, 1.165) is 11.1 Å². The van der Waals surface area contributed by atoms with Gasteiger partial charge in [0.1, 0.15) is 18.0 Å². The minimum absolute atomic E-state index is 0.00153. The van der Waals surface area contributed by atoms with Gasteiger partial charge in [0.15, 0.2) is 0 Å². The topological polar surface area (TPSA) is 40.6 Å². The summed E-state index contributed by atoms with van der Waals surface area (Å²) in [4.78, 5) is 28.9. The lowest BCUT2D eigenvalue weighted by Crippen LogP contribution is -2.47. The Hall–Kier alpha value is -3.15. The van der Waals surface area contributed by atoms with E-state index in [9.17, 15) is 14.0 Å². The number of anilines is 3. The molecule has 0 radical (unpaired) electrons. The Kier molecular flexibility index (Phi) is 10.1. The molecule has 7 heteroatoms. The number of allylic oxidation sites excluding steroid dienone is 1. The molecule has 1 aliphatic rings. The molecule has 0 unspecified atom stereocenters. The van der Waals surface area contributed by atoms with E-state index in [1.165, 1.54) is 34.1 Å². The molecule has 0 atom stereocenters. The van der Waals surface area contributed by atoms with Gasteiger partial charge in [-0.15, -0.1) is 0 Å². The average Bonchev–Trinajstić information content (AvgIpc) is 2.86.